The number of thiazole rings is 1. The lowest BCUT2D eigenvalue weighted by molar-refractivity contribution is 0.145. The van der Waals surface area contributed by atoms with Crippen LogP contribution in [-0.4, -0.2) is 18.2 Å². The molecule has 0 atom stereocenters. The molecule has 1 fully saturated rings. The predicted octanol–water partition coefficient (Wildman–Crippen LogP) is 2.07. The largest absolute Gasteiger partial charge is 0.336 e. The fourth-order valence-corrected chi connectivity index (χ4v) is 3.32. The van der Waals surface area contributed by atoms with Crippen LogP contribution >= 0.6 is 18.9 Å². The van der Waals surface area contributed by atoms with Crippen LogP contribution in [0.2, 0.25) is 0 Å². The molecular formula is C7H9NO3PS. The van der Waals surface area contributed by atoms with Crippen molar-refractivity contribution in [2.24, 2.45) is 0 Å². The van der Waals surface area contributed by atoms with Crippen molar-refractivity contribution in [1.82, 2.24) is 4.98 Å². The van der Waals surface area contributed by atoms with Crippen molar-refractivity contribution in [3.63, 3.8) is 0 Å². The Kier molecular flexibility index (Phi) is 2.79. The van der Waals surface area contributed by atoms with Crippen molar-refractivity contribution in [1.29, 1.82) is 0 Å². The molecule has 1 radical (unpaired) electrons. The highest BCUT2D eigenvalue weighted by atomic mass is 32.1. The van der Waals surface area contributed by atoms with Gasteiger partial charge in [-0.2, -0.15) is 0 Å². The second kappa shape index (κ2) is 3.88. The Morgan fingerprint density at radius 3 is 3.00 bits per heavy atom. The lowest BCUT2D eigenvalue weighted by Crippen LogP contribution is -2.09. The second-order valence-corrected chi connectivity index (χ2v) is 5.43. The first kappa shape index (κ1) is 9.34. The summed E-state index contributed by atoms with van der Waals surface area (Å²) in [5.41, 5.74) is 3.43. The summed E-state index contributed by atoms with van der Waals surface area (Å²) in [6.45, 7) is 1.04. The molecule has 0 aliphatic carbocycles. The van der Waals surface area contributed by atoms with Gasteiger partial charge in [-0.25, -0.2) is 4.98 Å². The molecule has 0 spiro atoms. The Balaban J connectivity index is 2.04. The molecule has 0 aromatic carbocycles. The van der Waals surface area contributed by atoms with Crippen LogP contribution in [0.5, 0.6) is 0 Å². The smallest absolute Gasteiger partial charge is 0.308 e. The van der Waals surface area contributed by atoms with E-state index in [2.05, 4.69) is 10.5 Å². The van der Waals surface area contributed by atoms with E-state index in [9.17, 15) is 4.57 Å². The van der Waals surface area contributed by atoms with Gasteiger partial charge in [0.15, 0.2) is 5.51 Å². The van der Waals surface area contributed by atoms with E-state index >= 15 is 0 Å². The van der Waals surface area contributed by atoms with Crippen LogP contribution in [-0.2, 0) is 19.8 Å². The van der Waals surface area contributed by atoms with Crippen molar-refractivity contribution >= 4 is 18.9 Å². The van der Waals surface area contributed by atoms with Gasteiger partial charge in [-0.15, -0.1) is 11.3 Å². The summed E-state index contributed by atoms with van der Waals surface area (Å²) in [5, 5.41) is 1.81. The van der Waals surface area contributed by atoms with E-state index in [-0.39, 0.29) is 6.16 Å². The van der Waals surface area contributed by atoms with Gasteiger partial charge in [0.05, 0.1) is 25.1 Å². The minimum Gasteiger partial charge on any atom is -0.308 e. The zero-order valence-corrected chi connectivity index (χ0v) is 8.64. The Hall–Kier alpha value is -0.220. The molecule has 71 valence electrons. The number of hydrogen-bond donors (Lipinski definition) is 0. The summed E-state index contributed by atoms with van der Waals surface area (Å²) in [4.78, 5) is 3.92. The molecule has 2 rings (SSSR count). The molecule has 1 aliphatic heterocycles. The van der Waals surface area contributed by atoms with E-state index in [1.165, 1.54) is 11.3 Å². The first-order valence-corrected chi connectivity index (χ1v) is 6.58. The van der Waals surface area contributed by atoms with Gasteiger partial charge in [-0.1, -0.05) is 0 Å². The van der Waals surface area contributed by atoms with Gasteiger partial charge in [-0.3, -0.25) is 4.57 Å². The van der Waals surface area contributed by atoms with E-state index in [4.69, 9.17) is 9.05 Å². The first-order chi connectivity index (χ1) is 6.29. The standard InChI is InChI=1S/C7H9NO3PS/c9-12(10-2-1-3-11-12)4-7-5-13-6-8-7/h5H,1-4H2. The Bertz CT molecular complexity index is 304. The number of rotatable bonds is 2. The van der Waals surface area contributed by atoms with Crippen LogP contribution in [0, 0.1) is 5.51 Å². The van der Waals surface area contributed by atoms with E-state index in [0.29, 0.717) is 13.2 Å². The van der Waals surface area contributed by atoms with Crippen molar-refractivity contribution in [2.45, 2.75) is 12.6 Å². The van der Waals surface area contributed by atoms with Crippen molar-refractivity contribution in [3.8, 4) is 0 Å². The fourth-order valence-electron chi connectivity index (χ4n) is 1.07. The molecule has 1 aromatic heterocycles. The van der Waals surface area contributed by atoms with Gasteiger partial charge in [0, 0.05) is 5.38 Å². The lowest BCUT2D eigenvalue weighted by Gasteiger charge is -2.21. The number of hydrogen-bond acceptors (Lipinski definition) is 5. The van der Waals surface area contributed by atoms with Crippen LogP contribution in [0.25, 0.3) is 0 Å². The summed E-state index contributed by atoms with van der Waals surface area (Å²) in [6.07, 6.45) is 1.08. The lowest BCUT2D eigenvalue weighted by atomic mass is 10.5. The van der Waals surface area contributed by atoms with Gasteiger partial charge >= 0.3 is 7.60 Å². The van der Waals surface area contributed by atoms with Gasteiger partial charge < -0.3 is 9.05 Å². The molecule has 0 amide bonds. The summed E-state index contributed by atoms with van der Waals surface area (Å²) in [7, 11) is -2.88. The molecule has 1 aliphatic rings. The third kappa shape index (κ3) is 2.38. The zero-order valence-electron chi connectivity index (χ0n) is 6.93. The zero-order chi connectivity index (χ0) is 9.15. The minimum atomic E-state index is -2.88. The minimum absolute atomic E-state index is 0.271. The fraction of sp³-hybridized carbons (Fsp3) is 0.571. The molecule has 0 N–H and O–H groups in total. The Morgan fingerprint density at radius 2 is 2.38 bits per heavy atom. The van der Waals surface area contributed by atoms with E-state index in [1.807, 2.05) is 0 Å². The molecular weight excluding hydrogens is 209 g/mol. The van der Waals surface area contributed by atoms with Crippen molar-refractivity contribution < 1.29 is 13.6 Å². The average Bonchev–Trinajstić information content (AvgIpc) is 2.57. The predicted molar refractivity (Wildman–Crippen MR) is 48.8 cm³/mol. The summed E-state index contributed by atoms with van der Waals surface area (Å²) < 4.78 is 22.1. The van der Waals surface area contributed by atoms with Crippen LogP contribution < -0.4 is 0 Å². The quantitative estimate of drug-likeness (QED) is 0.713. The molecule has 1 saturated heterocycles. The molecule has 0 bridgehead atoms. The first-order valence-electron chi connectivity index (χ1n) is 3.97. The van der Waals surface area contributed by atoms with Crippen molar-refractivity contribution in [3.05, 3.63) is 16.6 Å². The highest BCUT2D eigenvalue weighted by Crippen LogP contribution is 2.53. The normalized spacial score (nSPS) is 21.5. The molecule has 4 nitrogen and oxygen atoms in total. The second-order valence-electron chi connectivity index (χ2n) is 2.72. The molecule has 1 aromatic rings. The Labute approximate surface area is 80.4 Å². The SMILES string of the molecule is O=P1(Cc2cs[c]n2)OCCCO1. The molecule has 2 heterocycles. The molecule has 6 heteroatoms. The monoisotopic (exact) mass is 218 g/mol. The highest BCUT2D eigenvalue weighted by molar-refractivity contribution is 7.53. The van der Waals surface area contributed by atoms with Crippen LogP contribution in [0.3, 0.4) is 0 Å². The number of nitrogens with zero attached hydrogens (tertiary/aromatic N) is 1. The van der Waals surface area contributed by atoms with Crippen LogP contribution in [0.1, 0.15) is 12.1 Å². The third-order valence-electron chi connectivity index (χ3n) is 1.66. The van der Waals surface area contributed by atoms with Crippen molar-refractivity contribution in [2.75, 3.05) is 13.2 Å². The van der Waals surface area contributed by atoms with Gasteiger partial charge in [0.2, 0.25) is 0 Å². The average molecular weight is 218 g/mol. The maximum Gasteiger partial charge on any atom is 0.336 e. The van der Waals surface area contributed by atoms with Gasteiger partial charge in [0.25, 0.3) is 0 Å². The van der Waals surface area contributed by atoms with Gasteiger partial charge in [-0.05, 0) is 6.42 Å². The van der Waals surface area contributed by atoms with Gasteiger partial charge in [0.1, 0.15) is 0 Å². The maximum atomic E-state index is 11.8. The molecule has 0 saturated carbocycles. The third-order valence-corrected chi connectivity index (χ3v) is 4.11. The van der Waals surface area contributed by atoms with E-state index in [0.717, 1.165) is 12.1 Å². The van der Waals surface area contributed by atoms with Crippen LogP contribution in [0.4, 0.5) is 0 Å². The summed E-state index contributed by atoms with van der Waals surface area (Å²) in [6, 6.07) is 0. The summed E-state index contributed by atoms with van der Waals surface area (Å²) in [5.74, 6) is 0. The van der Waals surface area contributed by atoms with E-state index < -0.39 is 7.60 Å². The maximum absolute atomic E-state index is 11.8. The van der Waals surface area contributed by atoms with E-state index in [1.54, 1.807) is 5.38 Å². The number of aromatic nitrogens is 1. The molecule has 0 unspecified atom stereocenters. The van der Waals surface area contributed by atoms with Crippen LogP contribution in [0.15, 0.2) is 5.38 Å². The Morgan fingerprint density at radius 1 is 1.62 bits per heavy atom. The summed E-state index contributed by atoms with van der Waals surface area (Å²) >= 11 is 1.36. The molecule has 13 heavy (non-hydrogen) atoms. The topological polar surface area (TPSA) is 48.4 Å². The highest BCUT2D eigenvalue weighted by Gasteiger charge is 2.28.